The molecule has 9 heteroatoms. The van der Waals surface area contributed by atoms with E-state index in [4.69, 9.17) is 9.47 Å². The third-order valence-corrected chi connectivity index (χ3v) is 4.91. The molecule has 0 radical (unpaired) electrons. The number of anilines is 1. The molecule has 0 aliphatic carbocycles. The predicted molar refractivity (Wildman–Crippen MR) is 111 cm³/mol. The lowest BCUT2D eigenvalue weighted by atomic mass is 10.2. The second-order valence-corrected chi connectivity index (χ2v) is 7.08. The minimum absolute atomic E-state index is 0.536. The topological polar surface area (TPSA) is 99.4 Å². The zero-order chi connectivity index (χ0) is 20.5. The zero-order valence-corrected chi connectivity index (χ0v) is 16.8. The van der Waals surface area contributed by atoms with Crippen LogP contribution in [-0.2, 0) is 6.54 Å². The summed E-state index contributed by atoms with van der Waals surface area (Å²) in [6.45, 7) is 5.74. The average Bonchev–Trinajstić information content (AvgIpc) is 2.99. The van der Waals surface area contributed by atoms with Crippen molar-refractivity contribution < 1.29 is 9.47 Å². The van der Waals surface area contributed by atoms with Crippen LogP contribution in [0.2, 0.25) is 0 Å². The molecule has 30 heavy (non-hydrogen) atoms. The Kier molecular flexibility index (Phi) is 4.62. The van der Waals surface area contributed by atoms with Gasteiger partial charge in [0.25, 0.3) is 5.78 Å². The Bertz CT molecular complexity index is 1220. The van der Waals surface area contributed by atoms with Crippen molar-refractivity contribution in [3.63, 3.8) is 0 Å². The Morgan fingerprint density at radius 3 is 2.80 bits per heavy atom. The van der Waals surface area contributed by atoms with Gasteiger partial charge in [-0.15, -0.1) is 0 Å². The Labute approximate surface area is 173 Å². The first-order valence-electron chi connectivity index (χ1n) is 9.82. The van der Waals surface area contributed by atoms with Gasteiger partial charge in [0.2, 0.25) is 5.95 Å². The molecule has 0 saturated carbocycles. The molecular weight excluding hydrogens is 382 g/mol. The highest BCUT2D eigenvalue weighted by Gasteiger charge is 2.13. The minimum Gasteiger partial charge on any atom is -0.490 e. The second-order valence-electron chi connectivity index (χ2n) is 7.08. The van der Waals surface area contributed by atoms with Crippen LogP contribution in [0.15, 0.2) is 36.7 Å². The highest BCUT2D eigenvalue weighted by atomic mass is 16.5. The molecule has 1 N–H and O–H groups in total. The first-order valence-corrected chi connectivity index (χ1v) is 9.82. The molecule has 152 valence electrons. The first kappa shape index (κ1) is 18.3. The Balaban J connectivity index is 1.37. The van der Waals surface area contributed by atoms with E-state index in [1.165, 1.54) is 0 Å². The summed E-state index contributed by atoms with van der Waals surface area (Å²) in [5.41, 5.74) is 3.64. The SMILES string of the molecule is Cc1nc2ncc(-c3ccnc(NCc4ccc5c(c4)OCCCO5)n3)c(C)n2n1. The fourth-order valence-corrected chi connectivity index (χ4v) is 3.39. The average molecular weight is 403 g/mol. The van der Waals surface area contributed by atoms with Crippen LogP contribution in [0.25, 0.3) is 17.0 Å². The number of nitrogens with one attached hydrogen (secondary N) is 1. The molecule has 4 aromatic rings. The van der Waals surface area contributed by atoms with E-state index in [1.807, 2.05) is 38.1 Å². The van der Waals surface area contributed by atoms with Gasteiger partial charge in [0.1, 0.15) is 5.82 Å². The Hall–Kier alpha value is -3.75. The van der Waals surface area contributed by atoms with Crippen LogP contribution in [0, 0.1) is 13.8 Å². The molecule has 0 spiro atoms. The summed E-state index contributed by atoms with van der Waals surface area (Å²) in [6, 6.07) is 7.81. The van der Waals surface area contributed by atoms with E-state index < -0.39 is 0 Å². The molecule has 9 nitrogen and oxygen atoms in total. The first-order chi connectivity index (χ1) is 14.7. The lowest BCUT2D eigenvalue weighted by molar-refractivity contribution is 0.297. The highest BCUT2D eigenvalue weighted by Crippen LogP contribution is 2.30. The van der Waals surface area contributed by atoms with Crippen molar-refractivity contribution in [3.05, 3.63) is 53.7 Å². The van der Waals surface area contributed by atoms with Gasteiger partial charge in [-0.3, -0.25) is 0 Å². The maximum Gasteiger partial charge on any atom is 0.252 e. The van der Waals surface area contributed by atoms with Gasteiger partial charge in [0.05, 0.1) is 24.6 Å². The number of rotatable bonds is 4. The molecule has 0 atom stereocenters. The minimum atomic E-state index is 0.536. The molecule has 0 amide bonds. The third kappa shape index (κ3) is 3.49. The number of nitrogens with zero attached hydrogens (tertiary/aromatic N) is 6. The van der Waals surface area contributed by atoms with Crippen molar-refractivity contribution in [1.29, 1.82) is 0 Å². The Morgan fingerprint density at radius 1 is 1.03 bits per heavy atom. The maximum atomic E-state index is 5.76. The molecule has 0 bridgehead atoms. The monoisotopic (exact) mass is 403 g/mol. The van der Waals surface area contributed by atoms with Gasteiger partial charge in [0, 0.05) is 30.9 Å². The van der Waals surface area contributed by atoms with Crippen molar-refractivity contribution in [2.45, 2.75) is 26.8 Å². The normalized spacial score (nSPS) is 13.3. The number of aryl methyl sites for hydroxylation is 2. The number of fused-ring (bicyclic) bond motifs is 2. The van der Waals surface area contributed by atoms with Gasteiger partial charge >= 0.3 is 0 Å². The van der Waals surface area contributed by atoms with E-state index in [2.05, 4.69) is 30.4 Å². The number of ether oxygens (including phenoxy) is 2. The molecule has 1 aliphatic rings. The molecule has 4 heterocycles. The van der Waals surface area contributed by atoms with E-state index in [9.17, 15) is 0 Å². The van der Waals surface area contributed by atoms with E-state index in [0.717, 1.165) is 40.4 Å². The summed E-state index contributed by atoms with van der Waals surface area (Å²) in [4.78, 5) is 17.7. The van der Waals surface area contributed by atoms with Gasteiger partial charge in [-0.2, -0.15) is 10.1 Å². The zero-order valence-electron chi connectivity index (χ0n) is 16.8. The van der Waals surface area contributed by atoms with Crippen LogP contribution in [0.1, 0.15) is 23.5 Å². The number of hydrogen-bond acceptors (Lipinski definition) is 8. The molecular formula is C21H21N7O2. The smallest absolute Gasteiger partial charge is 0.252 e. The molecule has 3 aromatic heterocycles. The van der Waals surface area contributed by atoms with E-state index >= 15 is 0 Å². The lowest BCUT2D eigenvalue weighted by Gasteiger charge is -2.11. The molecule has 0 fully saturated rings. The number of hydrogen-bond donors (Lipinski definition) is 1. The summed E-state index contributed by atoms with van der Waals surface area (Å²) in [7, 11) is 0. The molecule has 0 unspecified atom stereocenters. The van der Waals surface area contributed by atoms with E-state index in [0.29, 0.717) is 37.3 Å². The van der Waals surface area contributed by atoms with Crippen LogP contribution in [0.4, 0.5) is 5.95 Å². The van der Waals surface area contributed by atoms with Crippen LogP contribution in [0.3, 0.4) is 0 Å². The van der Waals surface area contributed by atoms with Crippen LogP contribution < -0.4 is 14.8 Å². The fraction of sp³-hybridized carbons (Fsp3) is 0.286. The lowest BCUT2D eigenvalue weighted by Crippen LogP contribution is -2.05. The van der Waals surface area contributed by atoms with Crippen molar-refractivity contribution >= 4 is 11.7 Å². The number of aromatic nitrogens is 6. The second kappa shape index (κ2) is 7.58. The molecule has 0 saturated heterocycles. The molecule has 1 aromatic carbocycles. The predicted octanol–water partition coefficient (Wildman–Crippen LogP) is 2.97. The summed E-state index contributed by atoms with van der Waals surface area (Å²) in [5, 5.41) is 7.68. The molecule has 1 aliphatic heterocycles. The van der Waals surface area contributed by atoms with E-state index in [1.54, 1.807) is 16.9 Å². The summed E-state index contributed by atoms with van der Waals surface area (Å²) >= 11 is 0. The van der Waals surface area contributed by atoms with Crippen molar-refractivity contribution in [2.24, 2.45) is 0 Å². The van der Waals surface area contributed by atoms with Crippen LogP contribution >= 0.6 is 0 Å². The standard InChI is InChI=1S/C21H21N7O2/c1-13-16(12-24-21-25-14(2)27-28(13)21)17-6-7-22-20(26-17)23-11-15-4-5-18-19(10-15)30-9-3-8-29-18/h4-7,10,12H,3,8-9,11H2,1-2H3,(H,22,23,26). The summed E-state index contributed by atoms with van der Waals surface area (Å²) in [6.07, 6.45) is 4.39. The van der Waals surface area contributed by atoms with Gasteiger partial charge in [-0.25, -0.2) is 19.5 Å². The van der Waals surface area contributed by atoms with Crippen LogP contribution in [-0.4, -0.2) is 42.8 Å². The quantitative estimate of drug-likeness (QED) is 0.555. The van der Waals surface area contributed by atoms with Crippen molar-refractivity contribution in [2.75, 3.05) is 18.5 Å². The van der Waals surface area contributed by atoms with Gasteiger partial charge in [-0.05, 0) is 37.6 Å². The molecule has 5 rings (SSSR count). The van der Waals surface area contributed by atoms with Gasteiger partial charge < -0.3 is 14.8 Å². The largest absolute Gasteiger partial charge is 0.490 e. The van der Waals surface area contributed by atoms with Gasteiger partial charge in [-0.1, -0.05) is 6.07 Å². The highest BCUT2D eigenvalue weighted by molar-refractivity contribution is 5.63. The third-order valence-electron chi connectivity index (χ3n) is 4.91. The number of benzene rings is 1. The van der Waals surface area contributed by atoms with E-state index in [-0.39, 0.29) is 0 Å². The maximum absolute atomic E-state index is 5.76. The summed E-state index contributed by atoms with van der Waals surface area (Å²) < 4.78 is 13.2. The fourth-order valence-electron chi connectivity index (χ4n) is 3.39. The van der Waals surface area contributed by atoms with Crippen LogP contribution in [0.5, 0.6) is 11.5 Å². The Morgan fingerprint density at radius 2 is 1.90 bits per heavy atom. The summed E-state index contributed by atoms with van der Waals surface area (Å²) in [5.74, 6) is 3.36. The van der Waals surface area contributed by atoms with Crippen molar-refractivity contribution in [1.82, 2.24) is 29.5 Å². The van der Waals surface area contributed by atoms with Crippen molar-refractivity contribution in [3.8, 4) is 22.8 Å². The van der Waals surface area contributed by atoms with Gasteiger partial charge in [0.15, 0.2) is 11.5 Å².